The summed E-state index contributed by atoms with van der Waals surface area (Å²) in [4.78, 5) is 4.48. The van der Waals surface area contributed by atoms with E-state index >= 15 is 0 Å². The van der Waals surface area contributed by atoms with Crippen LogP contribution in [-0.2, 0) is 0 Å². The van der Waals surface area contributed by atoms with Crippen LogP contribution in [0.25, 0.3) is 0 Å². The average molecular weight is 302 g/mol. The van der Waals surface area contributed by atoms with Crippen molar-refractivity contribution in [3.8, 4) is 0 Å². The second-order valence-electron chi connectivity index (χ2n) is 9.05. The Morgan fingerprint density at radius 3 is 1.40 bits per heavy atom. The van der Waals surface area contributed by atoms with E-state index in [0.717, 1.165) is 19.6 Å². The Morgan fingerprint density at radius 1 is 0.700 bits per heavy atom. The first-order chi connectivity index (χ1) is 8.79. The van der Waals surface area contributed by atoms with Crippen LogP contribution in [-0.4, -0.2) is 19.6 Å². The van der Waals surface area contributed by atoms with E-state index in [1.54, 1.807) is 0 Å². The topological polar surface area (TPSA) is 48.8 Å². The molecule has 0 saturated heterocycles. The van der Waals surface area contributed by atoms with E-state index in [1.807, 2.05) is 0 Å². The zero-order chi connectivity index (χ0) is 16.0. The first kappa shape index (κ1) is 19.9. The lowest BCUT2D eigenvalue weighted by Crippen LogP contribution is -2.30. The van der Waals surface area contributed by atoms with Crippen molar-refractivity contribution in [3.05, 3.63) is 0 Å². The quantitative estimate of drug-likeness (QED) is 0.537. The van der Waals surface area contributed by atoms with Gasteiger partial charge < -0.3 is 0 Å². The zero-order valence-corrected chi connectivity index (χ0v) is 15.9. The predicted octanol–water partition coefficient (Wildman–Crippen LogP) is 4.98. The van der Waals surface area contributed by atoms with E-state index in [9.17, 15) is 0 Å². The van der Waals surface area contributed by atoms with Crippen LogP contribution in [0.15, 0.2) is 10.00 Å². The van der Waals surface area contributed by atoms with Gasteiger partial charge in [0.2, 0.25) is 0 Å². The first-order valence-electron chi connectivity index (χ1n) is 7.43. The Bertz CT molecular complexity index is 276. The van der Waals surface area contributed by atoms with Crippen molar-refractivity contribution in [1.82, 2.24) is 10.2 Å². The molecular weight excluding hydrogens is 267 g/mol. The number of hydrogen-bond acceptors (Lipinski definition) is 4. The van der Waals surface area contributed by atoms with Gasteiger partial charge in [0.1, 0.15) is 0 Å². The van der Waals surface area contributed by atoms with Crippen molar-refractivity contribution in [2.45, 2.75) is 62.3 Å². The third-order valence-corrected chi connectivity index (χ3v) is 3.44. The molecule has 0 bridgehead atoms. The first-order valence-corrected chi connectivity index (χ1v) is 8.73. The van der Waals surface area contributed by atoms with Crippen molar-refractivity contribution in [3.63, 3.8) is 0 Å². The molecule has 0 aromatic heterocycles. The lowest BCUT2D eigenvalue weighted by atomic mass is 9.98. The molecule has 0 aliphatic heterocycles. The molecule has 5 heteroatoms. The molecule has 0 unspecified atom stereocenters. The fourth-order valence-corrected chi connectivity index (χ4v) is 2.73. The molecule has 120 valence electrons. The number of hydrogen-bond donors (Lipinski definition) is 2. The van der Waals surface area contributed by atoms with Crippen molar-refractivity contribution in [2.24, 2.45) is 26.2 Å². The second-order valence-corrected chi connectivity index (χ2v) is 10.5. The van der Waals surface area contributed by atoms with Crippen molar-refractivity contribution >= 4 is 8.37 Å². The lowest BCUT2D eigenvalue weighted by molar-refractivity contribution is 0.401. The van der Waals surface area contributed by atoms with Gasteiger partial charge in [-0.15, -0.1) is 4.88 Å². The van der Waals surface area contributed by atoms with Crippen LogP contribution in [0.2, 0.25) is 0 Å². The molecule has 0 amide bonds. The fraction of sp³-hybridized carbons (Fsp3) is 1.00. The number of rotatable bonds is 6. The molecular formula is C15H35N4P. The van der Waals surface area contributed by atoms with E-state index in [4.69, 9.17) is 0 Å². The fourth-order valence-electron chi connectivity index (χ4n) is 1.05. The maximum absolute atomic E-state index is 4.48. The summed E-state index contributed by atoms with van der Waals surface area (Å²) < 4.78 is 0. The summed E-state index contributed by atoms with van der Waals surface area (Å²) in [6, 6.07) is 0. The van der Waals surface area contributed by atoms with E-state index in [2.05, 4.69) is 82.5 Å². The van der Waals surface area contributed by atoms with Crippen LogP contribution in [0.1, 0.15) is 62.3 Å². The van der Waals surface area contributed by atoms with E-state index in [-0.39, 0.29) is 16.2 Å². The molecule has 0 spiro atoms. The van der Waals surface area contributed by atoms with E-state index < -0.39 is 8.37 Å². The minimum absolute atomic E-state index is 0.193. The smallest absolute Gasteiger partial charge is 0.186 e. The van der Waals surface area contributed by atoms with Gasteiger partial charge in [-0.3, -0.25) is 10.2 Å². The van der Waals surface area contributed by atoms with E-state index in [1.165, 1.54) is 0 Å². The SMILES string of the molecule is CC(C)(C)CN=NP(NCC(C)(C)C)NCC(C)(C)C. The molecule has 0 radical (unpaired) electrons. The molecule has 0 heterocycles. The maximum Gasteiger partial charge on any atom is 0.186 e. The second kappa shape index (κ2) is 7.82. The average Bonchev–Trinajstić information content (AvgIpc) is 2.16. The molecule has 2 N–H and O–H groups in total. The highest BCUT2D eigenvalue weighted by Gasteiger charge is 2.18. The summed E-state index contributed by atoms with van der Waals surface area (Å²) in [5.41, 5.74) is 0.700. The van der Waals surface area contributed by atoms with Gasteiger partial charge in [-0.25, -0.2) is 0 Å². The monoisotopic (exact) mass is 302 g/mol. The third-order valence-electron chi connectivity index (χ3n) is 2.22. The molecule has 20 heavy (non-hydrogen) atoms. The Morgan fingerprint density at radius 2 is 1.10 bits per heavy atom. The highest BCUT2D eigenvalue weighted by Crippen LogP contribution is 2.31. The minimum atomic E-state index is -0.784. The molecule has 0 aromatic rings. The van der Waals surface area contributed by atoms with Crippen molar-refractivity contribution < 1.29 is 0 Å². The molecule has 0 atom stereocenters. The molecule has 4 nitrogen and oxygen atoms in total. The molecule has 0 fully saturated rings. The normalized spacial score (nSPS) is 14.5. The summed E-state index contributed by atoms with van der Waals surface area (Å²) in [6.45, 7) is 22.5. The predicted molar refractivity (Wildman–Crippen MR) is 91.0 cm³/mol. The van der Waals surface area contributed by atoms with Gasteiger partial charge in [0.25, 0.3) is 0 Å². The van der Waals surface area contributed by atoms with E-state index in [0.29, 0.717) is 0 Å². The third kappa shape index (κ3) is 14.4. The number of nitrogens with one attached hydrogen (secondary N) is 2. The van der Waals surface area contributed by atoms with Crippen LogP contribution in [0, 0.1) is 16.2 Å². The van der Waals surface area contributed by atoms with Crippen LogP contribution in [0.4, 0.5) is 0 Å². The molecule has 0 saturated carbocycles. The summed E-state index contributed by atoms with van der Waals surface area (Å²) in [7, 11) is -0.784. The van der Waals surface area contributed by atoms with Gasteiger partial charge in [0, 0.05) is 13.1 Å². The van der Waals surface area contributed by atoms with Gasteiger partial charge in [0.15, 0.2) is 8.37 Å². The summed E-state index contributed by atoms with van der Waals surface area (Å²) in [6.07, 6.45) is 0. The van der Waals surface area contributed by atoms with Gasteiger partial charge >= 0.3 is 0 Å². The highest BCUT2D eigenvalue weighted by atomic mass is 31.1. The van der Waals surface area contributed by atoms with Crippen LogP contribution in [0.3, 0.4) is 0 Å². The van der Waals surface area contributed by atoms with Crippen LogP contribution >= 0.6 is 8.37 Å². The zero-order valence-electron chi connectivity index (χ0n) is 15.0. The maximum atomic E-state index is 4.48. The van der Waals surface area contributed by atoms with Crippen LogP contribution in [0.5, 0.6) is 0 Å². The van der Waals surface area contributed by atoms with Gasteiger partial charge in [-0.2, -0.15) is 5.11 Å². The summed E-state index contributed by atoms with van der Waals surface area (Å²) in [5.74, 6) is 0. The molecule has 0 aliphatic rings. The lowest BCUT2D eigenvalue weighted by Gasteiger charge is -2.25. The highest BCUT2D eigenvalue weighted by molar-refractivity contribution is 7.51. The number of nitrogens with zero attached hydrogens (tertiary/aromatic N) is 2. The largest absolute Gasteiger partial charge is 0.263 e. The Hall–Kier alpha value is -0.0500. The van der Waals surface area contributed by atoms with Gasteiger partial charge in [-0.1, -0.05) is 62.3 Å². The Labute approximate surface area is 127 Å². The van der Waals surface area contributed by atoms with Gasteiger partial charge in [-0.05, 0) is 16.2 Å². The minimum Gasteiger partial charge on any atom is -0.263 e. The standard InChI is InChI=1S/C15H35N4P/c1-13(2,3)10-16-19-20(17-11-14(4,5)6)18-12-15(7,8)9/h17-18H,10-12H2,1-9H3. The van der Waals surface area contributed by atoms with Crippen LogP contribution < -0.4 is 10.2 Å². The van der Waals surface area contributed by atoms with Crippen molar-refractivity contribution in [2.75, 3.05) is 19.6 Å². The Kier molecular flexibility index (Phi) is 7.80. The Balaban J connectivity index is 4.46. The van der Waals surface area contributed by atoms with Crippen molar-refractivity contribution in [1.29, 1.82) is 0 Å². The van der Waals surface area contributed by atoms with Gasteiger partial charge in [0.05, 0.1) is 6.54 Å². The summed E-state index contributed by atoms with van der Waals surface area (Å²) >= 11 is 0. The molecule has 0 rings (SSSR count). The molecule has 0 aliphatic carbocycles. The molecule has 0 aromatic carbocycles. The summed E-state index contributed by atoms with van der Waals surface area (Å²) in [5, 5.41) is 11.4.